The standard InChI is InChI=1S/C41H26N2/c1-2-12-31(13-3-1)43-38-21-20-30(25-36(38)37-26-42-23-22-39(37)43)41-34-16-8-6-14-32(34)40(33-15-7-9-17-35(33)41)29-19-18-27-10-4-5-11-28(27)24-29/h1-26H. The van der Waals surface area contributed by atoms with Crippen molar-refractivity contribution in [2.75, 3.05) is 0 Å². The highest BCUT2D eigenvalue weighted by atomic mass is 15.0. The van der Waals surface area contributed by atoms with Gasteiger partial charge in [0.25, 0.3) is 0 Å². The van der Waals surface area contributed by atoms with Gasteiger partial charge in [0.15, 0.2) is 0 Å². The van der Waals surface area contributed by atoms with Crippen molar-refractivity contribution in [2.45, 2.75) is 0 Å². The summed E-state index contributed by atoms with van der Waals surface area (Å²) in [5.41, 5.74) is 8.49. The fourth-order valence-corrected chi connectivity index (χ4v) is 6.97. The van der Waals surface area contributed by atoms with Gasteiger partial charge in [0.05, 0.1) is 11.0 Å². The van der Waals surface area contributed by atoms with E-state index in [1.165, 1.54) is 65.5 Å². The summed E-state index contributed by atoms with van der Waals surface area (Å²) in [7, 11) is 0. The van der Waals surface area contributed by atoms with Crippen LogP contribution in [0.15, 0.2) is 158 Å². The van der Waals surface area contributed by atoms with Crippen LogP contribution in [-0.4, -0.2) is 9.55 Å². The summed E-state index contributed by atoms with van der Waals surface area (Å²) in [5.74, 6) is 0. The molecule has 2 nitrogen and oxygen atoms in total. The van der Waals surface area contributed by atoms with Crippen molar-refractivity contribution in [3.05, 3.63) is 158 Å². The van der Waals surface area contributed by atoms with E-state index in [9.17, 15) is 0 Å². The molecule has 0 N–H and O–H groups in total. The number of pyridine rings is 1. The largest absolute Gasteiger partial charge is 0.309 e. The molecule has 9 rings (SSSR count). The summed E-state index contributed by atoms with van der Waals surface area (Å²) in [5, 5.41) is 9.92. The van der Waals surface area contributed by atoms with Gasteiger partial charge >= 0.3 is 0 Å². The van der Waals surface area contributed by atoms with Gasteiger partial charge in [-0.2, -0.15) is 0 Å². The number of para-hydroxylation sites is 1. The summed E-state index contributed by atoms with van der Waals surface area (Å²) >= 11 is 0. The number of aromatic nitrogens is 2. The second kappa shape index (κ2) is 9.40. The Balaban J connectivity index is 1.36. The van der Waals surface area contributed by atoms with Crippen LogP contribution in [0, 0.1) is 0 Å². The highest BCUT2D eigenvalue weighted by Gasteiger charge is 2.19. The summed E-state index contributed by atoms with van der Waals surface area (Å²) in [6.07, 6.45) is 3.88. The lowest BCUT2D eigenvalue weighted by Crippen LogP contribution is -1.93. The third-order valence-corrected chi connectivity index (χ3v) is 8.84. The molecule has 0 saturated heterocycles. The fraction of sp³-hybridized carbons (Fsp3) is 0. The molecule has 0 aliphatic rings. The van der Waals surface area contributed by atoms with Crippen molar-refractivity contribution in [1.29, 1.82) is 0 Å². The van der Waals surface area contributed by atoms with E-state index in [1.54, 1.807) is 0 Å². The molecule has 0 atom stereocenters. The number of benzene rings is 7. The summed E-state index contributed by atoms with van der Waals surface area (Å²) < 4.78 is 2.34. The lowest BCUT2D eigenvalue weighted by Gasteiger charge is -2.18. The van der Waals surface area contributed by atoms with Crippen LogP contribution in [0.5, 0.6) is 0 Å². The lowest BCUT2D eigenvalue weighted by atomic mass is 9.85. The highest BCUT2D eigenvalue weighted by molar-refractivity contribution is 6.22. The Kier molecular flexibility index (Phi) is 5.23. The summed E-state index contributed by atoms with van der Waals surface area (Å²) in [6.45, 7) is 0. The van der Waals surface area contributed by atoms with E-state index in [-0.39, 0.29) is 0 Å². The normalized spacial score (nSPS) is 11.7. The number of fused-ring (bicyclic) bond motifs is 6. The van der Waals surface area contributed by atoms with Crippen LogP contribution in [0.4, 0.5) is 0 Å². The van der Waals surface area contributed by atoms with Gasteiger partial charge in [-0.1, -0.05) is 109 Å². The van der Waals surface area contributed by atoms with Crippen LogP contribution in [0.25, 0.3) is 82.1 Å². The smallest absolute Gasteiger partial charge is 0.0571 e. The zero-order chi connectivity index (χ0) is 28.3. The quantitative estimate of drug-likeness (QED) is 0.202. The molecule has 0 aliphatic heterocycles. The number of rotatable bonds is 3. The Morgan fingerprint density at radius 3 is 1.65 bits per heavy atom. The van der Waals surface area contributed by atoms with Gasteiger partial charge < -0.3 is 4.57 Å². The highest BCUT2D eigenvalue weighted by Crippen LogP contribution is 2.45. The summed E-state index contributed by atoms with van der Waals surface area (Å²) in [6, 6.07) is 52.8. The Labute approximate surface area is 249 Å². The first-order chi connectivity index (χ1) is 21.3. The minimum Gasteiger partial charge on any atom is -0.309 e. The third-order valence-electron chi connectivity index (χ3n) is 8.84. The molecule has 0 bridgehead atoms. The van der Waals surface area contributed by atoms with Gasteiger partial charge in [-0.3, -0.25) is 4.98 Å². The Bertz CT molecular complexity index is 2450. The molecule has 0 aliphatic carbocycles. The van der Waals surface area contributed by atoms with E-state index in [1.807, 2.05) is 12.4 Å². The van der Waals surface area contributed by atoms with Crippen molar-refractivity contribution in [3.63, 3.8) is 0 Å². The van der Waals surface area contributed by atoms with E-state index >= 15 is 0 Å². The Morgan fingerprint density at radius 1 is 0.395 bits per heavy atom. The van der Waals surface area contributed by atoms with Gasteiger partial charge in [0, 0.05) is 28.9 Å². The van der Waals surface area contributed by atoms with Crippen LogP contribution in [0.1, 0.15) is 0 Å². The molecule has 0 spiro atoms. The molecule has 200 valence electrons. The minimum absolute atomic E-state index is 1.15. The first-order valence-corrected chi connectivity index (χ1v) is 14.7. The van der Waals surface area contributed by atoms with Crippen molar-refractivity contribution in [2.24, 2.45) is 0 Å². The van der Waals surface area contributed by atoms with Crippen molar-refractivity contribution >= 4 is 54.1 Å². The van der Waals surface area contributed by atoms with Crippen LogP contribution >= 0.6 is 0 Å². The maximum Gasteiger partial charge on any atom is 0.0571 e. The molecule has 7 aromatic carbocycles. The number of hydrogen-bond acceptors (Lipinski definition) is 1. The topological polar surface area (TPSA) is 17.8 Å². The molecule has 0 radical (unpaired) electrons. The summed E-state index contributed by atoms with van der Waals surface area (Å²) in [4.78, 5) is 4.53. The van der Waals surface area contributed by atoms with Crippen molar-refractivity contribution < 1.29 is 0 Å². The van der Waals surface area contributed by atoms with Crippen LogP contribution in [0.3, 0.4) is 0 Å². The number of nitrogens with zero attached hydrogens (tertiary/aromatic N) is 2. The van der Waals surface area contributed by atoms with E-state index in [0.717, 1.165) is 16.6 Å². The molecule has 2 heteroatoms. The third kappa shape index (κ3) is 3.63. The molecule has 9 aromatic rings. The van der Waals surface area contributed by atoms with Gasteiger partial charge in [0.2, 0.25) is 0 Å². The second-order valence-corrected chi connectivity index (χ2v) is 11.2. The maximum atomic E-state index is 4.53. The molecule has 0 fully saturated rings. The van der Waals surface area contributed by atoms with Gasteiger partial charge in [-0.25, -0.2) is 0 Å². The molecule has 2 heterocycles. The van der Waals surface area contributed by atoms with Gasteiger partial charge in [-0.05, 0) is 91.0 Å². The fourth-order valence-electron chi connectivity index (χ4n) is 6.97. The lowest BCUT2D eigenvalue weighted by molar-refractivity contribution is 1.17. The van der Waals surface area contributed by atoms with Crippen molar-refractivity contribution in [3.8, 4) is 27.9 Å². The monoisotopic (exact) mass is 546 g/mol. The molecular weight excluding hydrogens is 520 g/mol. The molecule has 0 saturated carbocycles. The van der Waals surface area contributed by atoms with E-state index in [2.05, 4.69) is 155 Å². The predicted octanol–water partition coefficient (Wildman–Crippen LogP) is 11.0. The van der Waals surface area contributed by atoms with Gasteiger partial charge in [-0.15, -0.1) is 0 Å². The van der Waals surface area contributed by atoms with E-state index in [4.69, 9.17) is 0 Å². The zero-order valence-corrected chi connectivity index (χ0v) is 23.4. The molecular formula is C41H26N2. The van der Waals surface area contributed by atoms with Crippen molar-refractivity contribution in [1.82, 2.24) is 9.55 Å². The first-order valence-electron chi connectivity index (χ1n) is 14.7. The van der Waals surface area contributed by atoms with Crippen LogP contribution < -0.4 is 0 Å². The molecule has 0 amide bonds. The zero-order valence-electron chi connectivity index (χ0n) is 23.4. The average Bonchev–Trinajstić information content (AvgIpc) is 3.41. The number of hydrogen-bond donors (Lipinski definition) is 0. The second-order valence-electron chi connectivity index (χ2n) is 11.2. The Morgan fingerprint density at radius 2 is 0.953 bits per heavy atom. The minimum atomic E-state index is 1.15. The predicted molar refractivity (Wildman–Crippen MR) is 182 cm³/mol. The van der Waals surface area contributed by atoms with Crippen LogP contribution in [0.2, 0.25) is 0 Å². The molecule has 43 heavy (non-hydrogen) atoms. The molecule has 2 aromatic heterocycles. The van der Waals surface area contributed by atoms with E-state index in [0.29, 0.717) is 0 Å². The maximum absolute atomic E-state index is 4.53. The molecule has 0 unspecified atom stereocenters. The first kappa shape index (κ1) is 23.9. The average molecular weight is 547 g/mol. The van der Waals surface area contributed by atoms with Gasteiger partial charge in [0.1, 0.15) is 0 Å². The van der Waals surface area contributed by atoms with E-state index < -0.39 is 0 Å². The van der Waals surface area contributed by atoms with Crippen LogP contribution in [-0.2, 0) is 0 Å². The Hall–Kier alpha value is -5.73. The SMILES string of the molecule is c1ccc(-n2c3ccncc3c3cc(-c4c5ccccc5c(-c5ccc6ccccc6c5)c5ccccc45)ccc32)cc1.